The molecule has 0 aliphatic carbocycles. The van der Waals surface area contributed by atoms with Gasteiger partial charge in [-0.3, -0.25) is 9.69 Å². The maximum absolute atomic E-state index is 11.4. The number of ether oxygens (including phenoxy) is 1. The summed E-state index contributed by atoms with van der Waals surface area (Å²) in [7, 11) is 0. The van der Waals surface area contributed by atoms with Gasteiger partial charge in [-0.25, -0.2) is 4.79 Å². The third kappa shape index (κ3) is 2.93. The van der Waals surface area contributed by atoms with Gasteiger partial charge in [-0.1, -0.05) is 36.7 Å². The van der Waals surface area contributed by atoms with Crippen LogP contribution in [0.4, 0.5) is 4.79 Å². The summed E-state index contributed by atoms with van der Waals surface area (Å²) in [4.78, 5) is 24.2. The van der Waals surface area contributed by atoms with Crippen molar-refractivity contribution in [1.82, 2.24) is 4.90 Å². The fourth-order valence-electron chi connectivity index (χ4n) is 1.57. The molecular formula is C10H16BrNO3. The second-order valence-corrected chi connectivity index (χ2v) is 5.32. The van der Waals surface area contributed by atoms with E-state index in [0.717, 1.165) is 0 Å². The second-order valence-electron chi connectivity index (χ2n) is 4.76. The predicted octanol–water partition coefficient (Wildman–Crippen LogP) is 1.82. The molecule has 15 heavy (non-hydrogen) atoms. The molecule has 0 saturated carbocycles. The Balaban J connectivity index is 2.73. The van der Waals surface area contributed by atoms with Crippen LogP contribution in [-0.2, 0) is 9.53 Å². The predicted molar refractivity (Wildman–Crippen MR) is 60.1 cm³/mol. The van der Waals surface area contributed by atoms with Gasteiger partial charge in [-0.15, -0.1) is 0 Å². The van der Waals surface area contributed by atoms with Gasteiger partial charge in [0.15, 0.2) is 5.78 Å². The Kier molecular flexibility index (Phi) is 3.76. The minimum Gasteiger partial charge on any atom is -0.447 e. The summed E-state index contributed by atoms with van der Waals surface area (Å²) >= 11 is 3.08. The van der Waals surface area contributed by atoms with E-state index in [1.54, 1.807) is 0 Å². The monoisotopic (exact) mass is 277 g/mol. The van der Waals surface area contributed by atoms with Crippen LogP contribution in [0, 0.1) is 5.41 Å². The number of carbonyl (C=O) groups excluding carboxylic acids is 2. The Bertz CT molecular complexity index is 272. The van der Waals surface area contributed by atoms with Crippen molar-refractivity contribution < 1.29 is 14.3 Å². The van der Waals surface area contributed by atoms with E-state index in [-0.39, 0.29) is 35.2 Å². The van der Waals surface area contributed by atoms with Crippen molar-refractivity contribution in [3.8, 4) is 0 Å². The van der Waals surface area contributed by atoms with Gasteiger partial charge in [0.1, 0.15) is 6.61 Å². The van der Waals surface area contributed by atoms with E-state index in [9.17, 15) is 9.59 Å². The van der Waals surface area contributed by atoms with Crippen molar-refractivity contribution in [2.45, 2.75) is 26.8 Å². The van der Waals surface area contributed by atoms with Crippen molar-refractivity contribution in [3.05, 3.63) is 0 Å². The summed E-state index contributed by atoms with van der Waals surface area (Å²) in [6.45, 7) is 6.60. The number of alkyl halides is 1. The second kappa shape index (κ2) is 4.51. The number of Topliss-reactive ketones (excluding diaryl/α,β-unsaturated/α-hetero) is 1. The smallest absolute Gasteiger partial charge is 0.410 e. The zero-order valence-corrected chi connectivity index (χ0v) is 10.8. The Morgan fingerprint density at radius 3 is 2.67 bits per heavy atom. The summed E-state index contributed by atoms with van der Waals surface area (Å²) in [5.74, 6) is -0.0110. The molecule has 5 heteroatoms. The first-order valence-electron chi connectivity index (χ1n) is 4.87. The van der Waals surface area contributed by atoms with Gasteiger partial charge in [0.05, 0.1) is 17.9 Å². The molecule has 0 radical (unpaired) electrons. The molecule has 1 fully saturated rings. The molecule has 1 atom stereocenters. The SMILES string of the molecule is CC(C)(C)[C@H]1COC(=O)N1CC(=O)CBr. The lowest BCUT2D eigenvalue weighted by molar-refractivity contribution is -0.117. The fraction of sp³-hybridized carbons (Fsp3) is 0.800. The Morgan fingerprint density at radius 1 is 1.60 bits per heavy atom. The minimum atomic E-state index is -0.385. The average molecular weight is 278 g/mol. The highest BCUT2D eigenvalue weighted by Crippen LogP contribution is 2.29. The summed E-state index contributed by atoms with van der Waals surface area (Å²) in [5, 5.41) is 0.271. The molecule has 1 amide bonds. The van der Waals surface area contributed by atoms with Gasteiger partial charge in [0.2, 0.25) is 0 Å². The lowest BCUT2D eigenvalue weighted by atomic mass is 9.86. The average Bonchev–Trinajstić information content (AvgIpc) is 2.47. The Labute approximate surface area is 98.1 Å². The highest BCUT2D eigenvalue weighted by molar-refractivity contribution is 9.09. The molecule has 0 unspecified atom stereocenters. The number of ketones is 1. The molecular weight excluding hydrogens is 262 g/mol. The number of cyclic esters (lactones) is 1. The summed E-state index contributed by atoms with van der Waals surface area (Å²) in [6.07, 6.45) is -0.385. The molecule has 0 aromatic rings. The number of nitrogens with zero attached hydrogens (tertiary/aromatic N) is 1. The standard InChI is InChI=1S/C10H16BrNO3/c1-10(2,3)8-6-15-9(14)12(8)5-7(13)4-11/h8H,4-6H2,1-3H3/t8-/m1/s1. The lowest BCUT2D eigenvalue weighted by Gasteiger charge is -2.31. The molecule has 86 valence electrons. The van der Waals surface area contributed by atoms with Crippen LogP contribution in [0.15, 0.2) is 0 Å². The lowest BCUT2D eigenvalue weighted by Crippen LogP contribution is -2.45. The maximum atomic E-state index is 11.4. The van der Waals surface area contributed by atoms with Gasteiger partial charge < -0.3 is 4.74 Å². The maximum Gasteiger partial charge on any atom is 0.410 e. The molecule has 0 N–H and O–H groups in total. The van der Waals surface area contributed by atoms with Gasteiger partial charge in [-0.05, 0) is 5.41 Å². The molecule has 1 saturated heterocycles. The first-order valence-corrected chi connectivity index (χ1v) is 5.99. The molecule has 1 rings (SSSR count). The van der Waals surface area contributed by atoms with Gasteiger partial charge in [0, 0.05) is 0 Å². The van der Waals surface area contributed by atoms with E-state index in [1.807, 2.05) is 20.8 Å². The molecule has 0 bridgehead atoms. The summed E-state index contributed by atoms with van der Waals surface area (Å²) in [6, 6.07) is -0.0204. The van der Waals surface area contributed by atoms with Crippen molar-refractivity contribution in [1.29, 1.82) is 0 Å². The third-order valence-electron chi connectivity index (χ3n) is 2.47. The largest absolute Gasteiger partial charge is 0.447 e. The molecule has 4 nitrogen and oxygen atoms in total. The third-order valence-corrected chi connectivity index (χ3v) is 3.10. The number of carbonyl (C=O) groups is 2. The quantitative estimate of drug-likeness (QED) is 0.740. The zero-order chi connectivity index (χ0) is 11.6. The highest BCUT2D eigenvalue weighted by atomic mass is 79.9. The highest BCUT2D eigenvalue weighted by Gasteiger charge is 2.40. The van der Waals surface area contributed by atoms with Crippen molar-refractivity contribution in [3.63, 3.8) is 0 Å². The topological polar surface area (TPSA) is 46.6 Å². The van der Waals surface area contributed by atoms with E-state index < -0.39 is 0 Å². The number of hydrogen-bond acceptors (Lipinski definition) is 3. The first kappa shape index (κ1) is 12.5. The first-order chi connectivity index (χ1) is 6.86. The van der Waals surface area contributed by atoms with Crippen LogP contribution in [0.3, 0.4) is 0 Å². The van der Waals surface area contributed by atoms with E-state index >= 15 is 0 Å². The number of amides is 1. The van der Waals surface area contributed by atoms with Crippen molar-refractivity contribution in [2.24, 2.45) is 5.41 Å². The van der Waals surface area contributed by atoms with Crippen LogP contribution in [-0.4, -0.2) is 41.3 Å². The van der Waals surface area contributed by atoms with Crippen LogP contribution in [0.25, 0.3) is 0 Å². The number of hydrogen-bond donors (Lipinski definition) is 0. The van der Waals surface area contributed by atoms with Crippen LogP contribution in [0.1, 0.15) is 20.8 Å². The van der Waals surface area contributed by atoms with Crippen LogP contribution in [0.2, 0.25) is 0 Å². The van der Waals surface area contributed by atoms with Gasteiger partial charge in [-0.2, -0.15) is 0 Å². The molecule has 0 aromatic carbocycles. The Morgan fingerprint density at radius 2 is 2.20 bits per heavy atom. The van der Waals surface area contributed by atoms with Crippen LogP contribution < -0.4 is 0 Å². The molecule has 0 spiro atoms. The van der Waals surface area contributed by atoms with Crippen LogP contribution in [0.5, 0.6) is 0 Å². The molecule has 1 aliphatic rings. The van der Waals surface area contributed by atoms with E-state index in [4.69, 9.17) is 4.74 Å². The molecule has 0 aromatic heterocycles. The normalized spacial score (nSPS) is 21.7. The summed E-state index contributed by atoms with van der Waals surface area (Å²) in [5.41, 5.74) is -0.0707. The fourth-order valence-corrected chi connectivity index (χ4v) is 1.75. The van der Waals surface area contributed by atoms with E-state index in [2.05, 4.69) is 15.9 Å². The number of rotatable bonds is 3. The zero-order valence-electron chi connectivity index (χ0n) is 9.25. The van der Waals surface area contributed by atoms with Crippen LogP contribution >= 0.6 is 15.9 Å². The number of halogens is 1. The van der Waals surface area contributed by atoms with Gasteiger partial charge >= 0.3 is 6.09 Å². The van der Waals surface area contributed by atoms with Crippen molar-refractivity contribution >= 4 is 27.8 Å². The van der Waals surface area contributed by atoms with E-state index in [1.165, 1.54) is 4.90 Å². The molecule has 1 aliphatic heterocycles. The van der Waals surface area contributed by atoms with Gasteiger partial charge in [0.25, 0.3) is 0 Å². The minimum absolute atomic E-state index is 0.0110. The Hall–Kier alpha value is -0.580. The molecule has 1 heterocycles. The van der Waals surface area contributed by atoms with E-state index in [0.29, 0.717) is 6.61 Å². The summed E-state index contributed by atoms with van der Waals surface area (Å²) < 4.78 is 4.97. The van der Waals surface area contributed by atoms with Crippen molar-refractivity contribution in [2.75, 3.05) is 18.5 Å².